The Labute approximate surface area is 169 Å². The molecule has 1 aromatic carbocycles. The molecule has 0 fully saturated rings. The number of halogens is 1. The number of rotatable bonds is 7. The highest BCUT2D eigenvalue weighted by Gasteiger charge is 2.13. The van der Waals surface area contributed by atoms with Crippen molar-refractivity contribution in [1.82, 2.24) is 10.6 Å². The Balaban J connectivity index is 0.00000312. The second kappa shape index (κ2) is 11.0. The molecule has 0 aliphatic heterocycles. The summed E-state index contributed by atoms with van der Waals surface area (Å²) in [5.74, 6) is 2.80. The first-order chi connectivity index (χ1) is 11.7. The van der Waals surface area contributed by atoms with E-state index in [0.29, 0.717) is 29.8 Å². The van der Waals surface area contributed by atoms with Gasteiger partial charge in [-0.3, -0.25) is 4.99 Å². The molecule has 0 saturated heterocycles. The van der Waals surface area contributed by atoms with Crippen LogP contribution >= 0.6 is 35.3 Å². The van der Waals surface area contributed by atoms with Gasteiger partial charge in [0.05, 0.1) is 33.4 Å². The maximum Gasteiger partial charge on any atom is 0.191 e. The molecule has 0 atom stereocenters. The second-order valence-corrected chi connectivity index (χ2v) is 5.70. The van der Waals surface area contributed by atoms with Gasteiger partial charge in [-0.1, -0.05) is 0 Å². The van der Waals surface area contributed by atoms with E-state index >= 15 is 0 Å². The number of ether oxygens (including phenoxy) is 3. The molecule has 0 aliphatic rings. The van der Waals surface area contributed by atoms with Crippen LogP contribution in [-0.4, -0.2) is 34.3 Å². The van der Waals surface area contributed by atoms with Gasteiger partial charge in [-0.25, -0.2) is 0 Å². The maximum absolute atomic E-state index is 5.46. The lowest BCUT2D eigenvalue weighted by Gasteiger charge is -2.17. The quantitative estimate of drug-likeness (QED) is 0.364. The molecule has 0 bridgehead atoms. The van der Waals surface area contributed by atoms with E-state index < -0.39 is 0 Å². The molecule has 1 aromatic heterocycles. The van der Waals surface area contributed by atoms with Crippen molar-refractivity contribution in [2.24, 2.45) is 4.99 Å². The first-order valence-corrected chi connectivity index (χ1v) is 8.40. The van der Waals surface area contributed by atoms with Crippen LogP contribution in [-0.2, 0) is 13.1 Å². The average molecular weight is 477 g/mol. The number of benzene rings is 1. The molecular formula is C17H24IN3O3S. The minimum absolute atomic E-state index is 0. The first kappa shape index (κ1) is 21.4. The average Bonchev–Trinajstić information content (AvgIpc) is 3.14. The molecule has 1 heterocycles. The molecule has 0 saturated carbocycles. The van der Waals surface area contributed by atoms with Crippen LogP contribution in [0, 0.1) is 0 Å². The number of hydrogen-bond acceptors (Lipinski definition) is 5. The molecule has 2 rings (SSSR count). The van der Waals surface area contributed by atoms with E-state index in [0.717, 1.165) is 12.1 Å². The molecule has 2 aromatic rings. The van der Waals surface area contributed by atoms with Crippen LogP contribution in [0.1, 0.15) is 11.1 Å². The highest BCUT2D eigenvalue weighted by molar-refractivity contribution is 14.0. The number of methoxy groups -OCH3 is 3. The Morgan fingerprint density at radius 2 is 1.68 bits per heavy atom. The zero-order valence-corrected chi connectivity index (χ0v) is 17.9. The zero-order valence-electron chi connectivity index (χ0n) is 14.8. The molecule has 8 heteroatoms. The monoisotopic (exact) mass is 477 g/mol. The predicted octanol–water partition coefficient (Wildman–Crippen LogP) is 3.26. The fourth-order valence-electron chi connectivity index (χ4n) is 2.22. The van der Waals surface area contributed by atoms with Crippen molar-refractivity contribution < 1.29 is 14.2 Å². The fourth-order valence-corrected chi connectivity index (χ4v) is 2.89. The molecular weight excluding hydrogens is 453 g/mol. The normalized spacial score (nSPS) is 10.6. The fraction of sp³-hybridized carbons (Fsp3) is 0.353. The van der Waals surface area contributed by atoms with E-state index in [-0.39, 0.29) is 24.0 Å². The molecule has 0 radical (unpaired) electrons. The van der Waals surface area contributed by atoms with E-state index in [1.54, 1.807) is 39.7 Å². The summed E-state index contributed by atoms with van der Waals surface area (Å²) in [6.45, 7) is 1.24. The van der Waals surface area contributed by atoms with Gasteiger partial charge >= 0.3 is 0 Å². The summed E-state index contributed by atoms with van der Waals surface area (Å²) in [4.78, 5) is 4.24. The number of thiophene rings is 1. The zero-order chi connectivity index (χ0) is 17.4. The van der Waals surface area contributed by atoms with Crippen LogP contribution in [0.15, 0.2) is 34.0 Å². The third kappa shape index (κ3) is 5.96. The van der Waals surface area contributed by atoms with Crippen LogP contribution in [0.3, 0.4) is 0 Å². The lowest BCUT2D eigenvalue weighted by atomic mass is 10.1. The van der Waals surface area contributed by atoms with Crippen LogP contribution in [0.4, 0.5) is 0 Å². The Bertz CT molecular complexity index is 653. The van der Waals surface area contributed by atoms with Crippen LogP contribution in [0.5, 0.6) is 17.2 Å². The molecule has 0 unspecified atom stereocenters. The Morgan fingerprint density at radius 1 is 1.04 bits per heavy atom. The second-order valence-electron chi connectivity index (χ2n) is 4.92. The number of aliphatic imine (C=N–C) groups is 1. The third-order valence-corrected chi connectivity index (χ3v) is 4.25. The van der Waals surface area contributed by atoms with Crippen LogP contribution in [0.25, 0.3) is 0 Å². The number of nitrogens with zero attached hydrogens (tertiary/aromatic N) is 1. The van der Waals surface area contributed by atoms with Crippen molar-refractivity contribution in [3.05, 3.63) is 40.1 Å². The summed E-state index contributed by atoms with van der Waals surface area (Å²) < 4.78 is 16.2. The van der Waals surface area contributed by atoms with Crippen molar-refractivity contribution in [2.45, 2.75) is 13.1 Å². The number of guanidine groups is 1. The van der Waals surface area contributed by atoms with Crippen molar-refractivity contribution in [1.29, 1.82) is 0 Å². The predicted molar refractivity (Wildman–Crippen MR) is 113 cm³/mol. The van der Waals surface area contributed by atoms with Gasteiger partial charge in [-0.05, 0) is 22.4 Å². The number of hydrogen-bond donors (Lipinski definition) is 2. The topological polar surface area (TPSA) is 64.1 Å². The molecule has 2 N–H and O–H groups in total. The largest absolute Gasteiger partial charge is 0.496 e. The summed E-state index contributed by atoms with van der Waals surface area (Å²) in [6.07, 6.45) is 0. The standard InChI is InChI=1S/C17H23N3O3S.HI/c1-18-17(19-9-12-5-6-24-11-12)20-10-14-15(22-3)7-13(21-2)8-16(14)23-4;/h5-8,11H,9-10H2,1-4H3,(H2,18,19,20);1H. The highest BCUT2D eigenvalue weighted by Crippen LogP contribution is 2.33. The Hall–Kier alpha value is -1.68. The third-order valence-electron chi connectivity index (χ3n) is 3.51. The molecule has 0 amide bonds. The van der Waals surface area contributed by atoms with Gasteiger partial charge in [0.15, 0.2) is 5.96 Å². The van der Waals surface area contributed by atoms with E-state index in [4.69, 9.17) is 14.2 Å². The lowest BCUT2D eigenvalue weighted by molar-refractivity contribution is 0.368. The minimum Gasteiger partial charge on any atom is -0.496 e. The van der Waals surface area contributed by atoms with Gasteiger partial charge in [0, 0.05) is 25.7 Å². The van der Waals surface area contributed by atoms with Crippen molar-refractivity contribution in [2.75, 3.05) is 28.4 Å². The molecule has 0 spiro atoms. The summed E-state index contributed by atoms with van der Waals surface area (Å²) in [5.41, 5.74) is 2.13. The van der Waals surface area contributed by atoms with Gasteiger partial charge in [0.2, 0.25) is 0 Å². The number of nitrogens with one attached hydrogen (secondary N) is 2. The van der Waals surface area contributed by atoms with Crippen molar-refractivity contribution in [3.8, 4) is 17.2 Å². The Morgan fingerprint density at radius 3 is 2.16 bits per heavy atom. The van der Waals surface area contributed by atoms with E-state index in [1.165, 1.54) is 5.56 Å². The van der Waals surface area contributed by atoms with Gasteiger partial charge in [0.1, 0.15) is 17.2 Å². The molecule has 6 nitrogen and oxygen atoms in total. The van der Waals surface area contributed by atoms with Crippen molar-refractivity contribution >= 4 is 41.3 Å². The van der Waals surface area contributed by atoms with Gasteiger partial charge in [0.25, 0.3) is 0 Å². The molecule has 0 aliphatic carbocycles. The maximum atomic E-state index is 5.46. The van der Waals surface area contributed by atoms with E-state index in [2.05, 4.69) is 32.5 Å². The van der Waals surface area contributed by atoms with Gasteiger partial charge in [-0.2, -0.15) is 11.3 Å². The van der Waals surface area contributed by atoms with Crippen molar-refractivity contribution in [3.63, 3.8) is 0 Å². The van der Waals surface area contributed by atoms with E-state index in [1.807, 2.05) is 12.1 Å². The van der Waals surface area contributed by atoms with Gasteiger partial charge in [-0.15, -0.1) is 24.0 Å². The first-order valence-electron chi connectivity index (χ1n) is 7.46. The van der Waals surface area contributed by atoms with E-state index in [9.17, 15) is 0 Å². The van der Waals surface area contributed by atoms with Crippen LogP contribution < -0.4 is 24.8 Å². The summed E-state index contributed by atoms with van der Waals surface area (Å²) in [6, 6.07) is 5.75. The lowest BCUT2D eigenvalue weighted by Crippen LogP contribution is -2.36. The van der Waals surface area contributed by atoms with Gasteiger partial charge < -0.3 is 24.8 Å². The highest BCUT2D eigenvalue weighted by atomic mass is 127. The minimum atomic E-state index is 0. The smallest absolute Gasteiger partial charge is 0.191 e. The SMILES string of the molecule is CN=C(NCc1ccsc1)NCc1c(OC)cc(OC)cc1OC.I. The van der Waals surface area contributed by atoms with Crippen LogP contribution in [0.2, 0.25) is 0 Å². The Kier molecular flexibility index (Phi) is 9.43. The summed E-state index contributed by atoms with van der Waals surface area (Å²) in [5, 5.41) is 10.7. The summed E-state index contributed by atoms with van der Waals surface area (Å²) >= 11 is 1.68. The summed E-state index contributed by atoms with van der Waals surface area (Å²) in [7, 11) is 6.61. The molecule has 138 valence electrons. The molecule has 25 heavy (non-hydrogen) atoms.